The van der Waals surface area contributed by atoms with Crippen LogP contribution < -0.4 is 10.2 Å². The number of aliphatic carboxylic acids is 2. The predicted octanol–water partition coefficient (Wildman–Crippen LogP) is 8.14. The number of carbonyl (C=O) groups is 2. The third-order valence-corrected chi connectivity index (χ3v) is 6.82. The standard InChI is InChI=1S/2C16H32O2.Cd/c2*1-15(2)13-11-9-7-5-3-4-6-8-10-12-14-16(17)18;/h2*15H,3-14H2,1-2H3,(H,17,18);/q;;+2/p-2. The van der Waals surface area contributed by atoms with Crippen molar-refractivity contribution in [3.05, 3.63) is 0 Å². The summed E-state index contributed by atoms with van der Waals surface area (Å²) in [6.07, 6.45) is 28.2. The van der Waals surface area contributed by atoms with Gasteiger partial charge in [-0.05, 0) is 37.5 Å². The first-order chi connectivity index (χ1) is 17.3. The van der Waals surface area contributed by atoms with E-state index in [1.54, 1.807) is 0 Å². The van der Waals surface area contributed by atoms with Gasteiger partial charge in [0, 0.05) is 11.9 Å². The normalized spacial score (nSPS) is 10.8. The number of hydrogen-bond donors (Lipinski definition) is 0. The summed E-state index contributed by atoms with van der Waals surface area (Å²) in [5.41, 5.74) is 0. The Morgan fingerprint density at radius 2 is 0.595 bits per heavy atom. The smallest absolute Gasteiger partial charge is 0.550 e. The minimum absolute atomic E-state index is 0. The zero-order chi connectivity index (χ0) is 27.3. The van der Waals surface area contributed by atoms with E-state index >= 15 is 0 Å². The van der Waals surface area contributed by atoms with Crippen molar-refractivity contribution in [2.24, 2.45) is 11.8 Å². The summed E-state index contributed by atoms with van der Waals surface area (Å²) in [6.45, 7) is 9.17. The first-order valence-electron chi connectivity index (χ1n) is 15.6. The van der Waals surface area contributed by atoms with Gasteiger partial charge in [0.1, 0.15) is 0 Å². The summed E-state index contributed by atoms with van der Waals surface area (Å²) in [7, 11) is 0. The second-order valence-corrected chi connectivity index (χ2v) is 11.7. The Balaban J connectivity index is -0.000000608. The van der Waals surface area contributed by atoms with E-state index in [0.29, 0.717) is 0 Å². The maximum atomic E-state index is 10.2. The molecule has 0 bridgehead atoms. The van der Waals surface area contributed by atoms with Crippen LogP contribution in [0.25, 0.3) is 0 Å². The van der Waals surface area contributed by atoms with Gasteiger partial charge >= 0.3 is 27.3 Å². The van der Waals surface area contributed by atoms with Crippen LogP contribution in [0.1, 0.15) is 182 Å². The summed E-state index contributed by atoms with van der Waals surface area (Å²) >= 11 is 0. The van der Waals surface area contributed by atoms with Crippen molar-refractivity contribution in [1.29, 1.82) is 0 Å². The summed E-state index contributed by atoms with van der Waals surface area (Å²) < 4.78 is 0. The fraction of sp³-hybridized carbons (Fsp3) is 0.938. The van der Waals surface area contributed by atoms with Crippen LogP contribution in [-0.4, -0.2) is 11.9 Å². The molecule has 0 aliphatic carbocycles. The predicted molar refractivity (Wildman–Crippen MR) is 150 cm³/mol. The van der Waals surface area contributed by atoms with Gasteiger partial charge in [0.15, 0.2) is 0 Å². The van der Waals surface area contributed by atoms with E-state index in [4.69, 9.17) is 0 Å². The quantitative estimate of drug-likeness (QED) is 0.0720. The minimum atomic E-state index is -0.906. The molecule has 0 unspecified atom stereocenters. The zero-order valence-corrected chi connectivity index (χ0v) is 29.5. The fourth-order valence-electron chi connectivity index (χ4n) is 4.47. The van der Waals surface area contributed by atoms with Gasteiger partial charge in [0.25, 0.3) is 0 Å². The molecular formula is C32H62CdO4. The molecule has 0 aromatic rings. The molecule has 0 aromatic carbocycles. The van der Waals surface area contributed by atoms with Crippen molar-refractivity contribution in [1.82, 2.24) is 0 Å². The first kappa shape index (κ1) is 41.3. The number of unbranched alkanes of at least 4 members (excludes halogenated alkanes) is 18. The van der Waals surface area contributed by atoms with E-state index < -0.39 is 11.9 Å². The van der Waals surface area contributed by atoms with Crippen molar-refractivity contribution in [2.45, 2.75) is 182 Å². The molecule has 0 aliphatic heterocycles. The molecule has 0 atom stereocenters. The molecule has 0 aliphatic rings. The Labute approximate surface area is 251 Å². The van der Waals surface area contributed by atoms with Gasteiger partial charge in [0.2, 0.25) is 0 Å². The molecular weight excluding hydrogens is 561 g/mol. The van der Waals surface area contributed by atoms with E-state index in [2.05, 4.69) is 27.7 Å². The van der Waals surface area contributed by atoms with Crippen molar-refractivity contribution in [3.63, 3.8) is 0 Å². The van der Waals surface area contributed by atoms with Crippen LogP contribution >= 0.6 is 0 Å². The third-order valence-electron chi connectivity index (χ3n) is 6.82. The van der Waals surface area contributed by atoms with E-state index in [1.165, 1.54) is 116 Å². The van der Waals surface area contributed by atoms with Crippen molar-refractivity contribution in [2.75, 3.05) is 0 Å². The van der Waals surface area contributed by atoms with E-state index in [1.807, 2.05) is 0 Å². The first-order valence-corrected chi connectivity index (χ1v) is 15.6. The maximum Gasteiger partial charge on any atom is 2.00 e. The van der Waals surface area contributed by atoms with Gasteiger partial charge < -0.3 is 19.8 Å². The molecule has 5 heteroatoms. The summed E-state index contributed by atoms with van der Waals surface area (Å²) in [6, 6.07) is 0. The number of carbonyl (C=O) groups excluding carboxylic acids is 2. The fourth-order valence-corrected chi connectivity index (χ4v) is 4.47. The monoisotopic (exact) mass is 624 g/mol. The van der Waals surface area contributed by atoms with Crippen LogP contribution in [0, 0.1) is 11.8 Å². The van der Waals surface area contributed by atoms with Gasteiger partial charge in [-0.3, -0.25) is 0 Å². The molecule has 37 heavy (non-hydrogen) atoms. The van der Waals surface area contributed by atoms with Gasteiger partial charge in [0.05, 0.1) is 0 Å². The topological polar surface area (TPSA) is 80.3 Å². The molecule has 0 rings (SSSR count). The minimum Gasteiger partial charge on any atom is -0.550 e. The van der Waals surface area contributed by atoms with Crippen LogP contribution in [0.2, 0.25) is 0 Å². The Bertz CT molecular complexity index is 424. The van der Waals surface area contributed by atoms with Crippen molar-refractivity contribution in [3.8, 4) is 0 Å². The zero-order valence-electron chi connectivity index (χ0n) is 25.5. The number of carboxylic acid groups (broad SMARTS) is 2. The van der Waals surface area contributed by atoms with Gasteiger partial charge in [-0.1, -0.05) is 156 Å². The summed E-state index contributed by atoms with van der Waals surface area (Å²) in [5.74, 6) is -0.107. The molecule has 0 spiro atoms. The molecule has 216 valence electrons. The summed E-state index contributed by atoms with van der Waals surface area (Å²) in [5, 5.41) is 20.4. The molecule has 0 amide bonds. The second kappa shape index (κ2) is 33.9. The third kappa shape index (κ3) is 46.1. The average molecular weight is 623 g/mol. The molecule has 0 saturated carbocycles. The van der Waals surface area contributed by atoms with Crippen LogP contribution in [0.15, 0.2) is 0 Å². The van der Waals surface area contributed by atoms with E-state index in [0.717, 1.165) is 37.5 Å². The molecule has 0 N–H and O–H groups in total. The molecule has 0 fully saturated rings. The Morgan fingerprint density at radius 3 is 0.784 bits per heavy atom. The molecule has 0 saturated heterocycles. The summed E-state index contributed by atoms with van der Waals surface area (Å²) in [4.78, 5) is 20.4. The van der Waals surface area contributed by atoms with Crippen LogP contribution in [0.3, 0.4) is 0 Å². The Hall–Kier alpha value is -0.138. The molecule has 4 nitrogen and oxygen atoms in total. The van der Waals surface area contributed by atoms with Gasteiger partial charge in [-0.25, -0.2) is 0 Å². The van der Waals surface area contributed by atoms with E-state index in [9.17, 15) is 19.8 Å². The molecule has 0 radical (unpaired) electrons. The maximum absolute atomic E-state index is 10.2. The Morgan fingerprint density at radius 1 is 0.405 bits per heavy atom. The number of hydrogen-bond acceptors (Lipinski definition) is 4. The number of rotatable bonds is 26. The van der Waals surface area contributed by atoms with Crippen LogP contribution in [0.4, 0.5) is 0 Å². The molecule has 0 heterocycles. The largest absolute Gasteiger partial charge is 2.00 e. The van der Waals surface area contributed by atoms with Crippen LogP contribution in [-0.2, 0) is 36.9 Å². The molecule has 0 aromatic heterocycles. The van der Waals surface area contributed by atoms with E-state index in [-0.39, 0.29) is 40.1 Å². The van der Waals surface area contributed by atoms with Gasteiger partial charge in [-0.15, -0.1) is 0 Å². The van der Waals surface area contributed by atoms with Crippen LogP contribution in [0.5, 0.6) is 0 Å². The van der Waals surface area contributed by atoms with Crippen molar-refractivity contribution < 1.29 is 47.1 Å². The Kier molecular flexibility index (Phi) is 37.9. The second-order valence-electron chi connectivity index (χ2n) is 11.7. The number of carboxylic acids is 2. The van der Waals surface area contributed by atoms with Crippen molar-refractivity contribution >= 4 is 11.9 Å². The average Bonchev–Trinajstić information content (AvgIpc) is 2.80. The SMILES string of the molecule is CC(C)CCCCCCCCCCCCC(=O)[O-].CC(C)CCCCCCCCCCCCC(=O)[O-].[Cd+2]. The van der Waals surface area contributed by atoms with Gasteiger partial charge in [-0.2, -0.15) is 0 Å².